The average Bonchev–Trinajstić information content (AvgIpc) is 3.13. The Morgan fingerprint density at radius 2 is 1.65 bits per heavy atom. The van der Waals surface area contributed by atoms with Crippen molar-refractivity contribution in [3.05, 3.63) is 0 Å². The third-order valence-corrected chi connectivity index (χ3v) is 6.65. The number of amides is 3. The van der Waals surface area contributed by atoms with Crippen molar-refractivity contribution in [1.82, 2.24) is 15.5 Å². The van der Waals surface area contributed by atoms with Gasteiger partial charge in [-0.15, -0.1) is 0 Å². The molecule has 1 aliphatic heterocycles. The fourth-order valence-corrected chi connectivity index (χ4v) is 4.58. The van der Waals surface area contributed by atoms with Gasteiger partial charge in [0.2, 0.25) is 5.91 Å². The molecular weight excluding hydrogens is 394 g/mol. The number of nitrogens with zero attached hydrogens (tertiary/aromatic N) is 1. The van der Waals surface area contributed by atoms with Gasteiger partial charge in [0.05, 0.1) is 6.04 Å². The highest BCUT2D eigenvalue weighted by Gasteiger charge is 2.42. The third-order valence-electron chi connectivity index (χ3n) is 6.65. The summed E-state index contributed by atoms with van der Waals surface area (Å²) in [7, 11) is 0. The zero-order chi connectivity index (χ0) is 23.4. The minimum atomic E-state index is -0.757. The van der Waals surface area contributed by atoms with Gasteiger partial charge in [0.1, 0.15) is 18.1 Å². The number of Topliss-reactive ketones (excluding diaryl/α,β-unsaturated/α-hetero) is 1. The van der Waals surface area contributed by atoms with E-state index in [2.05, 4.69) is 10.6 Å². The summed E-state index contributed by atoms with van der Waals surface area (Å²) in [6.45, 7) is 11.9. The second-order valence-electron chi connectivity index (χ2n) is 11.5. The highest BCUT2D eigenvalue weighted by Crippen LogP contribution is 2.34. The van der Waals surface area contributed by atoms with E-state index in [0.717, 1.165) is 44.8 Å². The van der Waals surface area contributed by atoms with Gasteiger partial charge in [-0.2, -0.15) is 0 Å². The first kappa shape index (κ1) is 25.3. The van der Waals surface area contributed by atoms with Crippen LogP contribution in [0.25, 0.3) is 0 Å². The van der Waals surface area contributed by atoms with Gasteiger partial charge >= 0.3 is 6.03 Å². The molecule has 31 heavy (non-hydrogen) atoms. The molecule has 2 fully saturated rings. The summed E-state index contributed by atoms with van der Waals surface area (Å²) in [4.78, 5) is 52.1. The molecule has 0 aromatic heterocycles. The summed E-state index contributed by atoms with van der Waals surface area (Å²) >= 11 is 0. The van der Waals surface area contributed by atoms with E-state index < -0.39 is 34.5 Å². The van der Waals surface area contributed by atoms with E-state index in [1.807, 2.05) is 41.5 Å². The van der Waals surface area contributed by atoms with Crippen LogP contribution in [0.15, 0.2) is 0 Å². The second-order valence-corrected chi connectivity index (χ2v) is 11.5. The molecule has 1 heterocycles. The van der Waals surface area contributed by atoms with Crippen molar-refractivity contribution in [3.63, 3.8) is 0 Å². The predicted molar refractivity (Wildman–Crippen MR) is 121 cm³/mol. The number of nitrogens with one attached hydrogen (secondary N) is 2. The topological polar surface area (TPSA) is 95.6 Å². The number of rotatable bonds is 6. The van der Waals surface area contributed by atoms with Crippen LogP contribution in [0.5, 0.6) is 0 Å². The summed E-state index contributed by atoms with van der Waals surface area (Å²) in [5.74, 6) is -0.0928. The minimum Gasteiger partial charge on any atom is -0.332 e. The monoisotopic (exact) mass is 435 g/mol. The van der Waals surface area contributed by atoms with Gasteiger partial charge in [-0.3, -0.25) is 9.59 Å². The molecule has 7 heteroatoms. The van der Waals surface area contributed by atoms with Crippen molar-refractivity contribution in [3.8, 4) is 0 Å². The molecule has 0 aromatic rings. The molecule has 2 unspecified atom stereocenters. The van der Waals surface area contributed by atoms with Crippen LogP contribution in [0.2, 0.25) is 0 Å². The molecule has 2 atom stereocenters. The van der Waals surface area contributed by atoms with Crippen LogP contribution in [-0.2, 0) is 14.4 Å². The van der Waals surface area contributed by atoms with Crippen LogP contribution in [-0.4, -0.2) is 53.1 Å². The fraction of sp³-hybridized carbons (Fsp3) is 0.833. The Bertz CT molecular complexity index is 684. The largest absolute Gasteiger partial charge is 0.332 e. The summed E-state index contributed by atoms with van der Waals surface area (Å²) < 4.78 is 0. The van der Waals surface area contributed by atoms with Crippen molar-refractivity contribution in [2.75, 3.05) is 6.54 Å². The van der Waals surface area contributed by atoms with Gasteiger partial charge in [0.25, 0.3) is 0 Å². The molecular formula is C24H41N3O4. The van der Waals surface area contributed by atoms with Crippen LogP contribution in [0.3, 0.4) is 0 Å². The number of hydrogen-bond acceptors (Lipinski definition) is 4. The maximum absolute atomic E-state index is 13.2. The van der Waals surface area contributed by atoms with Gasteiger partial charge in [-0.25, -0.2) is 4.79 Å². The van der Waals surface area contributed by atoms with Crippen molar-refractivity contribution >= 4 is 24.0 Å². The Morgan fingerprint density at radius 1 is 1.03 bits per heavy atom. The van der Waals surface area contributed by atoms with Crippen molar-refractivity contribution in [1.29, 1.82) is 0 Å². The Kier molecular flexibility index (Phi) is 7.93. The number of ketones is 1. The summed E-state index contributed by atoms with van der Waals surface area (Å²) in [5, 5.41) is 5.99. The van der Waals surface area contributed by atoms with Crippen LogP contribution in [0, 0.1) is 10.8 Å². The predicted octanol–water partition coefficient (Wildman–Crippen LogP) is 3.60. The molecule has 0 spiro atoms. The van der Waals surface area contributed by atoms with Gasteiger partial charge in [0, 0.05) is 23.9 Å². The maximum atomic E-state index is 13.2. The smallest absolute Gasteiger partial charge is 0.315 e. The van der Waals surface area contributed by atoms with Gasteiger partial charge in [-0.1, -0.05) is 60.8 Å². The lowest BCUT2D eigenvalue weighted by molar-refractivity contribution is -0.138. The second kappa shape index (κ2) is 9.70. The minimum absolute atomic E-state index is 0.129. The highest BCUT2D eigenvalue weighted by atomic mass is 16.2. The number of hydrogen-bond donors (Lipinski definition) is 2. The van der Waals surface area contributed by atoms with Crippen LogP contribution in [0.1, 0.15) is 92.9 Å². The number of carbonyl (C=O) groups is 4. The summed E-state index contributed by atoms with van der Waals surface area (Å²) in [6.07, 6.45) is 7.12. The molecule has 3 amide bonds. The van der Waals surface area contributed by atoms with Crippen LogP contribution >= 0.6 is 0 Å². The zero-order valence-electron chi connectivity index (χ0n) is 20.2. The molecule has 2 N–H and O–H groups in total. The molecule has 2 rings (SSSR count). The van der Waals surface area contributed by atoms with E-state index in [-0.39, 0.29) is 11.7 Å². The van der Waals surface area contributed by atoms with Crippen molar-refractivity contribution < 1.29 is 19.2 Å². The van der Waals surface area contributed by atoms with E-state index in [9.17, 15) is 19.2 Å². The van der Waals surface area contributed by atoms with Crippen molar-refractivity contribution in [2.45, 2.75) is 111 Å². The lowest BCUT2D eigenvalue weighted by Gasteiger charge is -2.40. The van der Waals surface area contributed by atoms with Gasteiger partial charge < -0.3 is 20.3 Å². The molecule has 1 saturated carbocycles. The van der Waals surface area contributed by atoms with E-state index in [1.54, 1.807) is 4.90 Å². The lowest BCUT2D eigenvalue weighted by atomic mass is 9.74. The first-order valence-electron chi connectivity index (χ1n) is 11.7. The van der Waals surface area contributed by atoms with E-state index in [4.69, 9.17) is 0 Å². The average molecular weight is 436 g/mol. The standard InChI is InChI=1S/C24H41N3O4/c1-22(2,3)18(29)15-24(12-8-7-9-13-24)26-21(31)25-19(23(4,5)6)20(30)27-14-10-11-17(27)16-28/h16-17,19H,7-15H2,1-6H3,(H2,25,26,31). The van der Waals surface area contributed by atoms with Crippen LogP contribution < -0.4 is 10.6 Å². The molecule has 2 aliphatic rings. The maximum Gasteiger partial charge on any atom is 0.315 e. The van der Waals surface area contributed by atoms with E-state index in [1.165, 1.54) is 0 Å². The quantitative estimate of drug-likeness (QED) is 0.623. The molecule has 176 valence electrons. The SMILES string of the molecule is CC(C)(C)C(=O)CC1(NC(=O)NC(C(=O)N2CCCC2C=O)C(C)(C)C)CCCCC1. The van der Waals surface area contributed by atoms with Gasteiger partial charge in [0.15, 0.2) is 0 Å². The Labute approximate surface area is 187 Å². The molecule has 1 saturated heterocycles. The van der Waals surface area contributed by atoms with E-state index in [0.29, 0.717) is 19.4 Å². The fourth-order valence-electron chi connectivity index (χ4n) is 4.58. The van der Waals surface area contributed by atoms with Crippen LogP contribution in [0.4, 0.5) is 4.79 Å². The summed E-state index contributed by atoms with van der Waals surface area (Å²) in [6, 6.07) is -1.60. The lowest BCUT2D eigenvalue weighted by Crippen LogP contribution is -2.61. The third kappa shape index (κ3) is 6.53. The number of carbonyl (C=O) groups excluding carboxylic acids is 4. The van der Waals surface area contributed by atoms with E-state index >= 15 is 0 Å². The van der Waals surface area contributed by atoms with Crippen molar-refractivity contribution in [2.24, 2.45) is 10.8 Å². The highest BCUT2D eigenvalue weighted by molar-refractivity contribution is 5.90. The molecule has 7 nitrogen and oxygen atoms in total. The summed E-state index contributed by atoms with van der Waals surface area (Å²) in [5.41, 5.74) is -1.56. The Balaban J connectivity index is 2.16. The molecule has 0 aromatic carbocycles. The molecule has 0 radical (unpaired) electrons. The number of likely N-dealkylation sites (tertiary alicyclic amines) is 1. The first-order valence-corrected chi connectivity index (χ1v) is 11.7. The first-order chi connectivity index (χ1) is 14.3. The molecule has 0 bridgehead atoms. The Morgan fingerprint density at radius 3 is 2.16 bits per heavy atom. The van der Waals surface area contributed by atoms with Gasteiger partial charge in [-0.05, 0) is 31.1 Å². The number of aldehydes is 1. The molecule has 1 aliphatic carbocycles. The Hall–Kier alpha value is -1.92. The zero-order valence-corrected chi connectivity index (χ0v) is 20.2. The normalized spacial score (nSPS) is 22.5. The number of urea groups is 1.